The first kappa shape index (κ1) is 18.6. The van der Waals surface area contributed by atoms with Crippen molar-refractivity contribution in [3.05, 3.63) is 54.1 Å². The fourth-order valence-electron chi connectivity index (χ4n) is 3.41. The molecule has 4 rings (SSSR count). The van der Waals surface area contributed by atoms with E-state index in [0.29, 0.717) is 0 Å². The molecule has 0 radical (unpaired) electrons. The van der Waals surface area contributed by atoms with Gasteiger partial charge in [0.2, 0.25) is 0 Å². The van der Waals surface area contributed by atoms with Gasteiger partial charge in [-0.2, -0.15) is 0 Å². The number of rotatable bonds is 3. The van der Waals surface area contributed by atoms with E-state index in [9.17, 15) is 0 Å². The van der Waals surface area contributed by atoms with E-state index < -0.39 is 0 Å². The minimum absolute atomic E-state index is 0. The lowest BCUT2D eigenvalue weighted by Gasteiger charge is -2.35. The fourth-order valence-corrected chi connectivity index (χ4v) is 3.41. The van der Waals surface area contributed by atoms with Gasteiger partial charge in [-0.15, -0.1) is 12.4 Å². The number of likely N-dealkylation sites (N-methyl/N-ethyl adjacent to an activating group) is 1. The van der Waals surface area contributed by atoms with Crippen molar-refractivity contribution in [3.63, 3.8) is 0 Å². The van der Waals surface area contributed by atoms with E-state index in [1.54, 1.807) is 0 Å². The Labute approximate surface area is 161 Å². The average molecular weight is 369 g/mol. The van der Waals surface area contributed by atoms with Gasteiger partial charge < -0.3 is 9.80 Å². The summed E-state index contributed by atoms with van der Waals surface area (Å²) in [6.45, 7) is 9.66. The maximum atomic E-state index is 4.97. The highest BCUT2D eigenvalue weighted by Crippen LogP contribution is 2.28. The molecule has 2 aromatic carbocycles. The lowest BCUT2D eigenvalue weighted by molar-refractivity contribution is 0.271. The number of aryl methyl sites for hydroxylation is 1. The normalized spacial score (nSPS) is 15.1. The minimum Gasteiger partial charge on any atom is -0.353 e. The molecule has 3 aromatic rings. The third-order valence-electron chi connectivity index (χ3n) is 5.01. The van der Waals surface area contributed by atoms with Gasteiger partial charge in [-0.05, 0) is 25.6 Å². The van der Waals surface area contributed by atoms with Gasteiger partial charge in [0.1, 0.15) is 5.82 Å². The Balaban J connectivity index is 0.00000196. The van der Waals surface area contributed by atoms with Crippen molar-refractivity contribution in [2.45, 2.75) is 13.8 Å². The maximum absolute atomic E-state index is 4.97. The van der Waals surface area contributed by atoms with Crippen LogP contribution in [0.5, 0.6) is 0 Å². The monoisotopic (exact) mass is 368 g/mol. The SMILES string of the molecule is CCN1CCN(c2nc(-c3ccc(C)cc3)nc3ccccc23)CC1.Cl. The molecule has 1 fully saturated rings. The van der Waals surface area contributed by atoms with Gasteiger partial charge in [-0.3, -0.25) is 0 Å². The second-order valence-electron chi connectivity index (χ2n) is 6.68. The van der Waals surface area contributed by atoms with Gasteiger partial charge in [0, 0.05) is 37.1 Å². The molecule has 0 amide bonds. The molecule has 0 spiro atoms. The van der Waals surface area contributed by atoms with Gasteiger partial charge >= 0.3 is 0 Å². The molecule has 1 aliphatic rings. The van der Waals surface area contributed by atoms with Crippen LogP contribution in [-0.2, 0) is 0 Å². The molecular weight excluding hydrogens is 344 g/mol. The summed E-state index contributed by atoms with van der Waals surface area (Å²) in [5, 5.41) is 1.14. The minimum atomic E-state index is 0. The summed E-state index contributed by atoms with van der Waals surface area (Å²) in [7, 11) is 0. The molecule has 1 aliphatic heterocycles. The van der Waals surface area contributed by atoms with Crippen LogP contribution in [0.2, 0.25) is 0 Å². The Hall–Kier alpha value is -2.17. The fraction of sp³-hybridized carbons (Fsp3) is 0.333. The number of anilines is 1. The molecule has 1 saturated heterocycles. The Morgan fingerprint density at radius 1 is 0.885 bits per heavy atom. The van der Waals surface area contributed by atoms with Crippen LogP contribution in [0.4, 0.5) is 5.82 Å². The third kappa shape index (κ3) is 3.67. The van der Waals surface area contributed by atoms with E-state index in [2.05, 4.69) is 66.1 Å². The molecular formula is C21H25ClN4. The van der Waals surface area contributed by atoms with E-state index in [-0.39, 0.29) is 12.4 Å². The lowest BCUT2D eigenvalue weighted by Crippen LogP contribution is -2.46. The van der Waals surface area contributed by atoms with E-state index in [1.807, 2.05) is 6.07 Å². The number of fused-ring (bicyclic) bond motifs is 1. The largest absolute Gasteiger partial charge is 0.353 e. The molecule has 0 atom stereocenters. The molecule has 26 heavy (non-hydrogen) atoms. The van der Waals surface area contributed by atoms with Gasteiger partial charge in [0.15, 0.2) is 5.82 Å². The highest BCUT2D eigenvalue weighted by atomic mass is 35.5. The number of hydrogen-bond acceptors (Lipinski definition) is 4. The predicted molar refractivity (Wildman–Crippen MR) is 111 cm³/mol. The summed E-state index contributed by atoms with van der Waals surface area (Å²) in [6.07, 6.45) is 0. The van der Waals surface area contributed by atoms with Crippen molar-refractivity contribution in [1.82, 2.24) is 14.9 Å². The van der Waals surface area contributed by atoms with Crippen LogP contribution in [0.15, 0.2) is 48.5 Å². The summed E-state index contributed by atoms with van der Waals surface area (Å²) < 4.78 is 0. The quantitative estimate of drug-likeness (QED) is 0.694. The molecule has 0 unspecified atom stereocenters. The predicted octanol–water partition coefficient (Wildman–Crippen LogP) is 4.17. The van der Waals surface area contributed by atoms with Crippen molar-refractivity contribution >= 4 is 29.1 Å². The first-order valence-electron chi connectivity index (χ1n) is 9.05. The zero-order chi connectivity index (χ0) is 17.2. The summed E-state index contributed by atoms with van der Waals surface area (Å²) in [6, 6.07) is 16.8. The zero-order valence-corrected chi connectivity index (χ0v) is 16.2. The standard InChI is InChI=1S/C21H24N4.ClH/c1-3-24-12-14-25(15-13-24)21-18-6-4-5-7-19(18)22-20(23-21)17-10-8-16(2)9-11-17;/h4-11H,3,12-15H2,1-2H3;1H. The Morgan fingerprint density at radius 3 is 2.27 bits per heavy atom. The van der Waals surface area contributed by atoms with Crippen LogP contribution >= 0.6 is 12.4 Å². The summed E-state index contributed by atoms with van der Waals surface area (Å²) >= 11 is 0. The first-order chi connectivity index (χ1) is 12.2. The topological polar surface area (TPSA) is 32.3 Å². The Bertz CT molecular complexity index is 871. The number of para-hydroxylation sites is 1. The second-order valence-corrected chi connectivity index (χ2v) is 6.68. The van der Waals surface area contributed by atoms with Crippen LogP contribution in [0.1, 0.15) is 12.5 Å². The number of hydrogen-bond donors (Lipinski definition) is 0. The van der Waals surface area contributed by atoms with Crippen molar-refractivity contribution in [2.24, 2.45) is 0 Å². The van der Waals surface area contributed by atoms with Crippen LogP contribution in [0, 0.1) is 6.92 Å². The Morgan fingerprint density at radius 2 is 1.58 bits per heavy atom. The summed E-state index contributed by atoms with van der Waals surface area (Å²) in [5.41, 5.74) is 3.34. The van der Waals surface area contributed by atoms with Crippen molar-refractivity contribution in [3.8, 4) is 11.4 Å². The molecule has 136 valence electrons. The second kappa shape index (κ2) is 8.02. The molecule has 5 heteroatoms. The van der Waals surface area contributed by atoms with Gasteiger partial charge in [0.05, 0.1) is 5.52 Å². The number of nitrogens with zero attached hydrogens (tertiary/aromatic N) is 4. The van der Waals surface area contributed by atoms with Gasteiger partial charge in [-0.25, -0.2) is 9.97 Å². The smallest absolute Gasteiger partial charge is 0.162 e. The molecule has 1 aromatic heterocycles. The average Bonchev–Trinajstić information content (AvgIpc) is 2.68. The molecule has 0 saturated carbocycles. The lowest BCUT2D eigenvalue weighted by atomic mass is 10.1. The maximum Gasteiger partial charge on any atom is 0.162 e. The third-order valence-corrected chi connectivity index (χ3v) is 5.01. The molecule has 0 aliphatic carbocycles. The van der Waals surface area contributed by atoms with Crippen LogP contribution in [0.3, 0.4) is 0 Å². The van der Waals surface area contributed by atoms with Crippen molar-refractivity contribution in [1.29, 1.82) is 0 Å². The first-order valence-corrected chi connectivity index (χ1v) is 9.05. The molecule has 2 heterocycles. The number of piperazine rings is 1. The van der Waals surface area contributed by atoms with E-state index in [0.717, 1.165) is 60.8 Å². The van der Waals surface area contributed by atoms with Crippen LogP contribution in [0.25, 0.3) is 22.3 Å². The highest BCUT2D eigenvalue weighted by Gasteiger charge is 2.20. The zero-order valence-electron chi connectivity index (χ0n) is 15.4. The van der Waals surface area contributed by atoms with Crippen LogP contribution in [-0.4, -0.2) is 47.6 Å². The Kier molecular flexibility index (Phi) is 5.74. The van der Waals surface area contributed by atoms with Gasteiger partial charge in [0.25, 0.3) is 0 Å². The summed E-state index contributed by atoms with van der Waals surface area (Å²) in [5.74, 6) is 1.88. The number of benzene rings is 2. The molecule has 4 nitrogen and oxygen atoms in total. The molecule has 0 N–H and O–H groups in total. The number of halogens is 1. The highest BCUT2D eigenvalue weighted by molar-refractivity contribution is 5.91. The van der Waals surface area contributed by atoms with E-state index in [4.69, 9.17) is 9.97 Å². The van der Waals surface area contributed by atoms with Gasteiger partial charge in [-0.1, -0.05) is 48.9 Å². The molecule has 0 bridgehead atoms. The number of aromatic nitrogens is 2. The van der Waals surface area contributed by atoms with Crippen LogP contribution < -0.4 is 4.90 Å². The van der Waals surface area contributed by atoms with Crippen molar-refractivity contribution in [2.75, 3.05) is 37.6 Å². The van der Waals surface area contributed by atoms with E-state index in [1.165, 1.54) is 5.56 Å². The van der Waals surface area contributed by atoms with Crippen molar-refractivity contribution < 1.29 is 0 Å². The van der Waals surface area contributed by atoms with E-state index >= 15 is 0 Å². The summed E-state index contributed by atoms with van der Waals surface area (Å²) in [4.78, 5) is 14.7.